The lowest BCUT2D eigenvalue weighted by atomic mass is 9.94. The molecule has 8 heteroatoms. The highest BCUT2D eigenvalue weighted by atomic mass is 16.5. The summed E-state index contributed by atoms with van der Waals surface area (Å²) < 4.78 is 13.2. The van der Waals surface area contributed by atoms with Gasteiger partial charge in [-0.1, -0.05) is 19.1 Å². The van der Waals surface area contributed by atoms with E-state index in [1.807, 2.05) is 10.9 Å². The Bertz CT molecular complexity index is 600. The molecule has 1 amide bonds. The number of carbonyl (C=O) groups is 1. The number of carbonyl (C=O) groups excluding carboxylic acids is 1. The number of aromatic nitrogens is 3. The van der Waals surface area contributed by atoms with Gasteiger partial charge in [0.25, 0.3) is 0 Å². The van der Waals surface area contributed by atoms with Crippen LogP contribution in [0.5, 0.6) is 0 Å². The Labute approximate surface area is 160 Å². The number of aliphatic hydroxyl groups is 1. The zero-order valence-corrected chi connectivity index (χ0v) is 16.3. The van der Waals surface area contributed by atoms with Crippen LogP contribution in [0.25, 0.3) is 0 Å². The molecule has 0 bridgehead atoms. The Morgan fingerprint density at radius 1 is 1.33 bits per heavy atom. The largest absolute Gasteiger partial charge is 0.394 e. The summed E-state index contributed by atoms with van der Waals surface area (Å²) >= 11 is 0. The Morgan fingerprint density at radius 3 is 2.78 bits per heavy atom. The molecule has 0 saturated carbocycles. The number of hydrogen-bond acceptors (Lipinski definition) is 6. The van der Waals surface area contributed by atoms with Gasteiger partial charge in [0.1, 0.15) is 6.10 Å². The topological polar surface area (TPSA) is 98.5 Å². The fourth-order valence-corrected chi connectivity index (χ4v) is 3.73. The van der Waals surface area contributed by atoms with Gasteiger partial charge in [-0.2, -0.15) is 0 Å². The van der Waals surface area contributed by atoms with Crippen LogP contribution in [0, 0.1) is 5.92 Å². The van der Waals surface area contributed by atoms with Crippen LogP contribution in [0.4, 0.5) is 0 Å². The van der Waals surface area contributed by atoms with Crippen LogP contribution < -0.4 is 5.32 Å². The molecule has 27 heavy (non-hydrogen) atoms. The zero-order valence-electron chi connectivity index (χ0n) is 16.3. The van der Waals surface area contributed by atoms with Crippen molar-refractivity contribution in [2.45, 2.75) is 76.7 Å². The van der Waals surface area contributed by atoms with Gasteiger partial charge in [0, 0.05) is 31.9 Å². The third kappa shape index (κ3) is 5.49. The Hall–Kier alpha value is -1.51. The van der Waals surface area contributed by atoms with E-state index < -0.39 is 0 Å². The maximum Gasteiger partial charge on any atom is 0.223 e. The number of nitrogens with one attached hydrogen (secondary N) is 1. The van der Waals surface area contributed by atoms with Crippen LogP contribution in [0.15, 0.2) is 6.20 Å². The van der Waals surface area contributed by atoms with Crippen molar-refractivity contribution in [3.63, 3.8) is 0 Å². The first-order chi connectivity index (χ1) is 13.1. The highest BCUT2D eigenvalue weighted by Crippen LogP contribution is 2.24. The van der Waals surface area contributed by atoms with E-state index in [1.165, 1.54) is 0 Å². The molecule has 0 radical (unpaired) electrons. The summed E-state index contributed by atoms with van der Waals surface area (Å²) in [7, 11) is 0. The molecule has 3 rings (SSSR count). The van der Waals surface area contributed by atoms with Gasteiger partial charge >= 0.3 is 0 Å². The van der Waals surface area contributed by atoms with Crippen molar-refractivity contribution in [1.29, 1.82) is 0 Å². The summed E-state index contributed by atoms with van der Waals surface area (Å²) in [5.41, 5.74) is 0.990. The van der Waals surface area contributed by atoms with E-state index in [0.717, 1.165) is 44.3 Å². The predicted octanol–water partition coefficient (Wildman–Crippen LogP) is 1.24. The fourth-order valence-electron chi connectivity index (χ4n) is 3.73. The van der Waals surface area contributed by atoms with Gasteiger partial charge in [-0.15, -0.1) is 5.10 Å². The van der Waals surface area contributed by atoms with Gasteiger partial charge in [-0.05, 0) is 38.0 Å². The summed E-state index contributed by atoms with van der Waals surface area (Å²) in [6.45, 7) is 6.13. The zero-order chi connectivity index (χ0) is 19.2. The molecule has 2 fully saturated rings. The van der Waals surface area contributed by atoms with Gasteiger partial charge in [-0.3, -0.25) is 9.48 Å². The quantitative estimate of drug-likeness (QED) is 0.739. The standard InChI is InChI=1S/C19H32N4O4/c1-13(2)17-11-23(22-21-17)8-5-15-3-4-16(18(12-24)27-15)20-19(25)14-6-9-26-10-7-14/h11,13-16,18,24H,3-10,12H2,1-2H3,(H,20,25)/t15-,16+,18-/m0/s1. The Kier molecular flexibility index (Phi) is 7.20. The molecule has 3 atom stereocenters. The molecule has 1 aromatic rings. The van der Waals surface area contributed by atoms with Crippen molar-refractivity contribution >= 4 is 5.91 Å². The molecular formula is C19H32N4O4. The van der Waals surface area contributed by atoms with Crippen LogP contribution in [0.1, 0.15) is 57.6 Å². The second kappa shape index (κ2) is 9.61. The number of amides is 1. The average Bonchev–Trinajstić information content (AvgIpc) is 3.17. The van der Waals surface area contributed by atoms with Crippen molar-refractivity contribution in [1.82, 2.24) is 20.3 Å². The molecule has 1 aromatic heterocycles. The molecule has 3 heterocycles. The molecule has 0 aromatic carbocycles. The molecular weight excluding hydrogens is 348 g/mol. The number of ether oxygens (including phenoxy) is 2. The van der Waals surface area contributed by atoms with Crippen LogP contribution in [-0.4, -0.2) is 64.1 Å². The van der Waals surface area contributed by atoms with Crippen molar-refractivity contribution in [2.24, 2.45) is 5.92 Å². The van der Waals surface area contributed by atoms with Gasteiger partial charge in [0.2, 0.25) is 5.91 Å². The highest BCUT2D eigenvalue weighted by Gasteiger charge is 2.33. The van der Waals surface area contributed by atoms with E-state index in [1.54, 1.807) is 0 Å². The second-order valence-electron chi connectivity index (χ2n) is 7.91. The summed E-state index contributed by atoms with van der Waals surface area (Å²) in [5.74, 6) is 0.439. The number of hydrogen-bond donors (Lipinski definition) is 2. The van der Waals surface area contributed by atoms with Crippen LogP contribution in [-0.2, 0) is 20.8 Å². The fraction of sp³-hybridized carbons (Fsp3) is 0.842. The minimum absolute atomic E-state index is 0.0123. The maximum absolute atomic E-state index is 12.5. The number of aliphatic hydroxyl groups excluding tert-OH is 1. The van der Waals surface area contributed by atoms with E-state index >= 15 is 0 Å². The molecule has 0 spiro atoms. The van der Waals surface area contributed by atoms with Gasteiger partial charge in [0.05, 0.1) is 24.4 Å². The van der Waals surface area contributed by atoms with Crippen LogP contribution in [0.2, 0.25) is 0 Å². The first-order valence-electron chi connectivity index (χ1n) is 10.1. The number of aryl methyl sites for hydroxylation is 1. The average molecular weight is 380 g/mol. The summed E-state index contributed by atoms with van der Waals surface area (Å²) in [6.07, 6.45) is 5.72. The predicted molar refractivity (Wildman–Crippen MR) is 99.2 cm³/mol. The molecule has 0 unspecified atom stereocenters. The van der Waals surface area contributed by atoms with E-state index in [4.69, 9.17) is 9.47 Å². The molecule has 8 nitrogen and oxygen atoms in total. The highest BCUT2D eigenvalue weighted by molar-refractivity contribution is 5.79. The lowest BCUT2D eigenvalue weighted by molar-refractivity contribution is -0.134. The Morgan fingerprint density at radius 2 is 2.11 bits per heavy atom. The van der Waals surface area contributed by atoms with Crippen molar-refractivity contribution < 1.29 is 19.4 Å². The van der Waals surface area contributed by atoms with Gasteiger partial charge in [-0.25, -0.2) is 0 Å². The van der Waals surface area contributed by atoms with E-state index in [9.17, 15) is 9.90 Å². The summed E-state index contributed by atoms with van der Waals surface area (Å²) in [5, 5.41) is 21.2. The second-order valence-corrected chi connectivity index (χ2v) is 7.91. The lowest BCUT2D eigenvalue weighted by Crippen LogP contribution is -2.52. The van der Waals surface area contributed by atoms with Crippen molar-refractivity contribution in [2.75, 3.05) is 19.8 Å². The maximum atomic E-state index is 12.5. The molecule has 2 saturated heterocycles. The Balaban J connectivity index is 1.46. The van der Waals surface area contributed by atoms with Crippen molar-refractivity contribution in [3.05, 3.63) is 11.9 Å². The minimum Gasteiger partial charge on any atom is -0.394 e. The number of nitrogens with zero attached hydrogens (tertiary/aromatic N) is 3. The van der Waals surface area contributed by atoms with Crippen molar-refractivity contribution in [3.8, 4) is 0 Å². The van der Waals surface area contributed by atoms with E-state index in [2.05, 4.69) is 29.5 Å². The van der Waals surface area contributed by atoms with Gasteiger partial charge < -0.3 is 19.9 Å². The van der Waals surface area contributed by atoms with Crippen LogP contribution >= 0.6 is 0 Å². The minimum atomic E-state index is -0.352. The SMILES string of the molecule is CC(C)c1cn(CC[C@@H]2CC[C@@H](NC(=O)C3CCOCC3)[C@H](CO)O2)nn1. The first kappa shape index (κ1) is 20.2. The lowest BCUT2D eigenvalue weighted by Gasteiger charge is -2.37. The molecule has 152 valence electrons. The van der Waals surface area contributed by atoms with E-state index in [0.29, 0.717) is 19.1 Å². The molecule has 2 N–H and O–H groups in total. The monoisotopic (exact) mass is 380 g/mol. The molecule has 2 aliphatic rings. The summed E-state index contributed by atoms with van der Waals surface area (Å²) in [4.78, 5) is 12.5. The normalized spacial score (nSPS) is 27.0. The molecule has 2 aliphatic heterocycles. The first-order valence-corrected chi connectivity index (χ1v) is 10.1. The third-order valence-electron chi connectivity index (χ3n) is 5.54. The van der Waals surface area contributed by atoms with Gasteiger partial charge in [0.15, 0.2) is 0 Å². The smallest absolute Gasteiger partial charge is 0.223 e. The van der Waals surface area contributed by atoms with Crippen LogP contribution in [0.3, 0.4) is 0 Å². The number of rotatable bonds is 7. The molecule has 0 aliphatic carbocycles. The third-order valence-corrected chi connectivity index (χ3v) is 5.54. The summed E-state index contributed by atoms with van der Waals surface area (Å²) in [6, 6.07) is -0.125. The van der Waals surface area contributed by atoms with E-state index in [-0.39, 0.29) is 36.7 Å².